The lowest BCUT2D eigenvalue weighted by Crippen LogP contribution is -2.14. The summed E-state index contributed by atoms with van der Waals surface area (Å²) in [4.78, 5) is 0. The van der Waals surface area contributed by atoms with Gasteiger partial charge >= 0.3 is 0 Å². The Bertz CT molecular complexity index is 1540. The molecule has 33 heavy (non-hydrogen) atoms. The predicted octanol–water partition coefficient (Wildman–Crippen LogP) is 9.26. The molecule has 0 unspecified atom stereocenters. The van der Waals surface area contributed by atoms with Crippen molar-refractivity contribution in [3.05, 3.63) is 108 Å². The highest BCUT2D eigenvalue weighted by atomic mass is 14.4. The number of hydrogen-bond donors (Lipinski definition) is 0. The van der Waals surface area contributed by atoms with Gasteiger partial charge in [0.1, 0.15) is 0 Å². The monoisotopic (exact) mass is 426 g/mol. The summed E-state index contributed by atoms with van der Waals surface area (Å²) in [6.45, 7) is 11.5. The van der Waals surface area contributed by atoms with Crippen molar-refractivity contribution >= 4 is 21.5 Å². The summed E-state index contributed by atoms with van der Waals surface area (Å²) < 4.78 is 0. The van der Waals surface area contributed by atoms with Crippen LogP contribution in [0.5, 0.6) is 0 Å². The van der Waals surface area contributed by atoms with Crippen LogP contribution in [0.3, 0.4) is 0 Å². The van der Waals surface area contributed by atoms with Crippen molar-refractivity contribution in [2.75, 3.05) is 0 Å². The Kier molecular flexibility index (Phi) is 4.18. The fourth-order valence-electron chi connectivity index (χ4n) is 5.59. The maximum absolute atomic E-state index is 2.46. The molecule has 0 radical (unpaired) electrons. The molecule has 0 N–H and O–H groups in total. The summed E-state index contributed by atoms with van der Waals surface area (Å²) >= 11 is 0. The Morgan fingerprint density at radius 3 is 1.94 bits per heavy atom. The lowest BCUT2D eigenvalue weighted by molar-refractivity contribution is 0.590. The second-order valence-corrected chi connectivity index (χ2v) is 11.1. The maximum Gasteiger partial charge on any atom is 0.0159 e. The Labute approximate surface area is 196 Å². The highest BCUT2D eigenvalue weighted by Crippen LogP contribution is 2.50. The summed E-state index contributed by atoms with van der Waals surface area (Å²) in [6, 6.07) is 34.3. The fraction of sp³-hybridized carbons (Fsp3) is 0.212. The molecule has 0 nitrogen and oxygen atoms in total. The van der Waals surface area contributed by atoms with Crippen molar-refractivity contribution in [3.8, 4) is 22.3 Å². The van der Waals surface area contributed by atoms with Crippen LogP contribution in [0.1, 0.15) is 51.3 Å². The highest BCUT2D eigenvalue weighted by molar-refractivity contribution is 6.10. The summed E-state index contributed by atoms with van der Waals surface area (Å²) in [6.07, 6.45) is 0. The molecule has 0 heteroatoms. The molecule has 0 atom stereocenters. The highest BCUT2D eigenvalue weighted by Gasteiger charge is 2.35. The summed E-state index contributed by atoms with van der Waals surface area (Å²) in [5.74, 6) is 0. The first kappa shape index (κ1) is 20.2. The number of benzene rings is 5. The minimum Gasteiger partial charge on any atom is -0.0619 e. The minimum atomic E-state index is 0.0165. The minimum absolute atomic E-state index is 0.0165. The molecule has 1 aliphatic rings. The van der Waals surface area contributed by atoms with Gasteiger partial charge in [-0.2, -0.15) is 0 Å². The lowest BCUT2D eigenvalue weighted by atomic mass is 9.81. The summed E-state index contributed by atoms with van der Waals surface area (Å²) in [5, 5.41) is 5.29. The zero-order valence-electron chi connectivity index (χ0n) is 20.2. The van der Waals surface area contributed by atoms with Crippen molar-refractivity contribution in [3.63, 3.8) is 0 Å². The van der Waals surface area contributed by atoms with Crippen LogP contribution in [0.2, 0.25) is 0 Å². The normalized spacial score (nSPS) is 14.5. The quantitative estimate of drug-likeness (QED) is 0.234. The van der Waals surface area contributed by atoms with E-state index in [2.05, 4.69) is 126 Å². The topological polar surface area (TPSA) is 0 Å². The molecule has 0 fully saturated rings. The van der Waals surface area contributed by atoms with E-state index in [9.17, 15) is 0 Å². The van der Waals surface area contributed by atoms with Gasteiger partial charge in [0.2, 0.25) is 0 Å². The van der Waals surface area contributed by atoms with Crippen LogP contribution >= 0.6 is 0 Å². The van der Waals surface area contributed by atoms with E-state index < -0.39 is 0 Å². The summed E-state index contributed by atoms with van der Waals surface area (Å²) in [5.41, 5.74) is 9.74. The van der Waals surface area contributed by atoms with Crippen molar-refractivity contribution in [1.29, 1.82) is 0 Å². The van der Waals surface area contributed by atoms with Crippen molar-refractivity contribution in [2.24, 2.45) is 0 Å². The van der Waals surface area contributed by atoms with Gasteiger partial charge in [-0.25, -0.2) is 0 Å². The second kappa shape index (κ2) is 6.81. The van der Waals surface area contributed by atoms with Crippen LogP contribution in [-0.4, -0.2) is 0 Å². The molecule has 0 saturated carbocycles. The first-order chi connectivity index (χ1) is 15.7. The molecule has 0 saturated heterocycles. The van der Waals surface area contributed by atoms with Crippen LogP contribution in [0, 0.1) is 0 Å². The molecule has 5 aromatic carbocycles. The van der Waals surface area contributed by atoms with Crippen molar-refractivity contribution in [2.45, 2.75) is 45.4 Å². The van der Waals surface area contributed by atoms with E-state index >= 15 is 0 Å². The zero-order chi connectivity index (χ0) is 23.0. The zero-order valence-corrected chi connectivity index (χ0v) is 20.2. The van der Waals surface area contributed by atoms with Gasteiger partial charge in [0.05, 0.1) is 0 Å². The maximum atomic E-state index is 2.46. The Morgan fingerprint density at radius 2 is 1.18 bits per heavy atom. The van der Waals surface area contributed by atoms with E-state index in [4.69, 9.17) is 0 Å². The Balaban J connectivity index is 1.55. The van der Waals surface area contributed by atoms with Gasteiger partial charge in [0.15, 0.2) is 0 Å². The molecule has 162 valence electrons. The van der Waals surface area contributed by atoms with Gasteiger partial charge in [-0.15, -0.1) is 0 Å². The van der Waals surface area contributed by atoms with Gasteiger partial charge in [-0.3, -0.25) is 0 Å². The van der Waals surface area contributed by atoms with E-state index in [0.717, 1.165) is 0 Å². The standard InChI is InChI=1S/C33H30/c1-32(2,3)25-16-14-21(15-17-25)23-12-10-22-11-13-24-19-29-26-8-6-7-9-30(26)33(4,5)31(29)20-28(24)27(22)18-23/h6-20H,1-5H3. The molecule has 0 heterocycles. The second-order valence-electron chi connectivity index (χ2n) is 11.1. The first-order valence-corrected chi connectivity index (χ1v) is 12.0. The van der Waals surface area contributed by atoms with Gasteiger partial charge in [0, 0.05) is 5.41 Å². The Morgan fingerprint density at radius 1 is 0.545 bits per heavy atom. The molecule has 0 amide bonds. The van der Waals surface area contributed by atoms with Gasteiger partial charge in [-0.05, 0) is 84.1 Å². The average molecular weight is 427 g/mol. The van der Waals surface area contributed by atoms with E-state index in [1.807, 2.05) is 0 Å². The van der Waals surface area contributed by atoms with Crippen LogP contribution in [0.4, 0.5) is 0 Å². The fourth-order valence-corrected chi connectivity index (χ4v) is 5.59. The van der Waals surface area contributed by atoms with Crippen molar-refractivity contribution < 1.29 is 0 Å². The van der Waals surface area contributed by atoms with Gasteiger partial charge in [0.25, 0.3) is 0 Å². The van der Waals surface area contributed by atoms with E-state index in [-0.39, 0.29) is 10.8 Å². The smallest absolute Gasteiger partial charge is 0.0159 e. The lowest BCUT2D eigenvalue weighted by Gasteiger charge is -2.22. The van der Waals surface area contributed by atoms with Gasteiger partial charge in [-0.1, -0.05) is 107 Å². The molecule has 5 aromatic rings. The van der Waals surface area contributed by atoms with Gasteiger partial charge < -0.3 is 0 Å². The van der Waals surface area contributed by atoms with Crippen LogP contribution < -0.4 is 0 Å². The van der Waals surface area contributed by atoms with Crippen molar-refractivity contribution in [1.82, 2.24) is 0 Å². The largest absolute Gasteiger partial charge is 0.0619 e. The van der Waals surface area contributed by atoms with E-state index in [0.29, 0.717) is 0 Å². The first-order valence-electron chi connectivity index (χ1n) is 12.0. The van der Waals surface area contributed by atoms with Crippen LogP contribution in [-0.2, 0) is 10.8 Å². The number of fused-ring (bicyclic) bond motifs is 6. The molecular weight excluding hydrogens is 396 g/mol. The van der Waals surface area contributed by atoms with E-state index in [1.54, 1.807) is 0 Å². The number of rotatable bonds is 1. The third kappa shape index (κ3) is 3.04. The van der Waals surface area contributed by atoms with Crippen LogP contribution in [0.25, 0.3) is 43.8 Å². The molecule has 0 bridgehead atoms. The predicted molar refractivity (Wildman–Crippen MR) is 143 cm³/mol. The van der Waals surface area contributed by atoms with Crippen LogP contribution in [0.15, 0.2) is 91.0 Å². The Hall–Kier alpha value is -3.38. The molecule has 6 rings (SSSR count). The molecule has 1 aliphatic carbocycles. The average Bonchev–Trinajstić information content (AvgIpc) is 3.03. The molecular formula is C33H30. The number of hydrogen-bond acceptors (Lipinski definition) is 0. The summed E-state index contributed by atoms with van der Waals surface area (Å²) in [7, 11) is 0. The third-order valence-electron chi connectivity index (χ3n) is 7.62. The van der Waals surface area contributed by atoms with E-state index in [1.165, 1.54) is 60.5 Å². The SMILES string of the molecule is CC(C)(C)c1ccc(-c2ccc3ccc4cc5c(cc4c3c2)C(C)(C)c2ccccc2-5)cc1. The molecule has 0 aliphatic heterocycles. The molecule has 0 aromatic heterocycles. The third-order valence-corrected chi connectivity index (χ3v) is 7.62. The molecule has 0 spiro atoms.